The molecular weight excluding hydrogens is 262 g/mol. The van der Waals surface area contributed by atoms with Crippen molar-refractivity contribution in [3.8, 4) is 0 Å². The van der Waals surface area contributed by atoms with E-state index >= 15 is 0 Å². The molecule has 1 N–H and O–H groups in total. The first-order valence-corrected chi connectivity index (χ1v) is 8.16. The molecule has 116 valence electrons. The summed E-state index contributed by atoms with van der Waals surface area (Å²) in [5.74, 6) is 0.690. The number of aromatic nitrogens is 1. The summed E-state index contributed by atoms with van der Waals surface area (Å²) in [6.07, 6.45) is 9.24. The maximum Gasteiger partial charge on any atom is 0.272 e. The Morgan fingerprint density at radius 1 is 1.38 bits per heavy atom. The Bertz CT molecular complexity index is 455. The number of anilines is 1. The second-order valence-corrected chi connectivity index (χ2v) is 6.05. The molecule has 0 aromatic carbocycles. The van der Waals surface area contributed by atoms with Crippen molar-refractivity contribution in [2.45, 2.75) is 45.4 Å². The highest BCUT2D eigenvalue weighted by Gasteiger charge is 2.20. The van der Waals surface area contributed by atoms with E-state index < -0.39 is 0 Å². The second-order valence-electron chi connectivity index (χ2n) is 6.05. The number of pyridine rings is 1. The lowest BCUT2D eigenvalue weighted by Crippen LogP contribution is -2.33. The summed E-state index contributed by atoms with van der Waals surface area (Å²) in [7, 11) is 1.89. The molecule has 0 spiro atoms. The molecule has 2 rings (SSSR count). The number of carbonyl (C=O) groups excluding carboxylic acids is 1. The largest absolute Gasteiger partial charge is 0.385 e. The van der Waals surface area contributed by atoms with Crippen LogP contribution in [0.25, 0.3) is 0 Å². The molecule has 0 bridgehead atoms. The van der Waals surface area contributed by atoms with E-state index in [-0.39, 0.29) is 5.91 Å². The number of carbonyl (C=O) groups is 1. The normalized spacial score (nSPS) is 15.7. The van der Waals surface area contributed by atoms with Crippen molar-refractivity contribution >= 4 is 11.6 Å². The van der Waals surface area contributed by atoms with Gasteiger partial charge in [-0.1, -0.05) is 26.2 Å². The summed E-state index contributed by atoms with van der Waals surface area (Å²) < 4.78 is 0. The van der Waals surface area contributed by atoms with Gasteiger partial charge in [-0.2, -0.15) is 0 Å². The maximum absolute atomic E-state index is 12.5. The molecule has 0 radical (unpaired) electrons. The van der Waals surface area contributed by atoms with Crippen molar-refractivity contribution in [3.63, 3.8) is 0 Å². The minimum Gasteiger partial charge on any atom is -0.385 e. The number of amides is 1. The van der Waals surface area contributed by atoms with Crippen molar-refractivity contribution in [1.82, 2.24) is 9.88 Å². The number of rotatable bonds is 6. The molecule has 1 aromatic heterocycles. The first-order valence-electron chi connectivity index (χ1n) is 8.16. The van der Waals surface area contributed by atoms with Crippen LogP contribution in [-0.4, -0.2) is 35.9 Å². The van der Waals surface area contributed by atoms with E-state index in [0.29, 0.717) is 11.6 Å². The number of nitrogens with zero attached hydrogens (tertiary/aromatic N) is 2. The molecule has 1 saturated carbocycles. The first-order chi connectivity index (χ1) is 10.2. The molecule has 4 heteroatoms. The highest BCUT2D eigenvalue weighted by Crippen LogP contribution is 2.24. The molecule has 4 nitrogen and oxygen atoms in total. The Labute approximate surface area is 127 Å². The van der Waals surface area contributed by atoms with E-state index in [9.17, 15) is 4.79 Å². The number of nitrogens with one attached hydrogen (secondary N) is 1. The van der Waals surface area contributed by atoms with Crippen molar-refractivity contribution in [3.05, 3.63) is 24.0 Å². The van der Waals surface area contributed by atoms with Gasteiger partial charge in [0.05, 0.1) is 0 Å². The van der Waals surface area contributed by atoms with Gasteiger partial charge in [0.1, 0.15) is 5.69 Å². The molecular formula is C17H27N3O. The summed E-state index contributed by atoms with van der Waals surface area (Å²) >= 11 is 0. The van der Waals surface area contributed by atoms with Crippen LogP contribution in [0.3, 0.4) is 0 Å². The zero-order valence-corrected chi connectivity index (χ0v) is 13.3. The molecule has 0 saturated heterocycles. The van der Waals surface area contributed by atoms with Crippen LogP contribution in [0.1, 0.15) is 55.9 Å². The number of hydrogen-bond acceptors (Lipinski definition) is 3. The van der Waals surface area contributed by atoms with Gasteiger partial charge in [0.15, 0.2) is 0 Å². The minimum absolute atomic E-state index is 0.0284. The molecule has 0 aliphatic heterocycles. The van der Waals surface area contributed by atoms with Crippen LogP contribution >= 0.6 is 0 Å². The standard InChI is InChI=1S/C17H27N3O/c1-3-10-18-15-9-11-19-16(12-15)17(21)20(2)13-14-7-5-4-6-8-14/h9,11-12,14H,3-8,10,13H2,1-2H3,(H,18,19). The Morgan fingerprint density at radius 3 is 2.86 bits per heavy atom. The van der Waals surface area contributed by atoms with Gasteiger partial charge in [-0.25, -0.2) is 0 Å². The maximum atomic E-state index is 12.5. The van der Waals surface area contributed by atoms with Crippen molar-refractivity contribution in [2.24, 2.45) is 5.92 Å². The molecule has 1 amide bonds. The Balaban J connectivity index is 1.94. The molecule has 1 aromatic rings. The fraction of sp³-hybridized carbons (Fsp3) is 0.647. The van der Waals surface area contributed by atoms with Gasteiger partial charge in [0.2, 0.25) is 0 Å². The molecule has 0 atom stereocenters. The Hall–Kier alpha value is -1.58. The predicted molar refractivity (Wildman–Crippen MR) is 86.6 cm³/mol. The molecule has 1 heterocycles. The van der Waals surface area contributed by atoms with Gasteiger partial charge in [0, 0.05) is 32.0 Å². The molecule has 1 aliphatic carbocycles. The van der Waals surface area contributed by atoms with Gasteiger partial charge < -0.3 is 10.2 Å². The lowest BCUT2D eigenvalue weighted by molar-refractivity contribution is 0.0755. The topological polar surface area (TPSA) is 45.2 Å². The van der Waals surface area contributed by atoms with E-state index in [4.69, 9.17) is 0 Å². The summed E-state index contributed by atoms with van der Waals surface area (Å²) in [5, 5.41) is 3.30. The highest BCUT2D eigenvalue weighted by molar-refractivity contribution is 5.92. The quantitative estimate of drug-likeness (QED) is 0.871. The summed E-state index contributed by atoms with van der Waals surface area (Å²) in [5.41, 5.74) is 1.51. The third-order valence-electron chi connectivity index (χ3n) is 4.16. The van der Waals surface area contributed by atoms with E-state index in [0.717, 1.165) is 25.2 Å². The van der Waals surface area contributed by atoms with Crippen molar-refractivity contribution in [2.75, 3.05) is 25.5 Å². The van der Waals surface area contributed by atoms with E-state index in [1.54, 1.807) is 6.20 Å². The molecule has 0 unspecified atom stereocenters. The van der Waals surface area contributed by atoms with Gasteiger partial charge in [-0.3, -0.25) is 9.78 Å². The van der Waals surface area contributed by atoms with Crippen LogP contribution in [0, 0.1) is 5.92 Å². The third kappa shape index (κ3) is 4.73. The van der Waals surface area contributed by atoms with Gasteiger partial charge in [-0.15, -0.1) is 0 Å². The molecule has 1 fully saturated rings. The van der Waals surface area contributed by atoms with Crippen molar-refractivity contribution in [1.29, 1.82) is 0 Å². The average Bonchev–Trinajstić information content (AvgIpc) is 2.53. The van der Waals surface area contributed by atoms with Crippen LogP contribution in [0.4, 0.5) is 5.69 Å². The summed E-state index contributed by atoms with van der Waals surface area (Å²) in [6.45, 7) is 3.89. The lowest BCUT2D eigenvalue weighted by atomic mass is 9.89. The van der Waals surface area contributed by atoms with Gasteiger partial charge >= 0.3 is 0 Å². The van der Waals surface area contributed by atoms with Crippen LogP contribution in [-0.2, 0) is 0 Å². The average molecular weight is 289 g/mol. The fourth-order valence-corrected chi connectivity index (χ4v) is 2.96. The van der Waals surface area contributed by atoms with E-state index in [1.165, 1.54) is 32.1 Å². The Morgan fingerprint density at radius 2 is 2.14 bits per heavy atom. The van der Waals surface area contributed by atoms with Crippen LogP contribution in [0.2, 0.25) is 0 Å². The molecule has 1 aliphatic rings. The highest BCUT2D eigenvalue weighted by atomic mass is 16.2. The Kier molecular flexibility index (Phi) is 6.03. The van der Waals surface area contributed by atoms with E-state index in [1.807, 2.05) is 24.1 Å². The zero-order chi connectivity index (χ0) is 15.1. The fourth-order valence-electron chi connectivity index (χ4n) is 2.96. The van der Waals surface area contributed by atoms with E-state index in [2.05, 4.69) is 17.2 Å². The monoisotopic (exact) mass is 289 g/mol. The SMILES string of the molecule is CCCNc1ccnc(C(=O)N(C)CC2CCCCC2)c1. The third-order valence-corrected chi connectivity index (χ3v) is 4.16. The smallest absolute Gasteiger partial charge is 0.272 e. The van der Waals surface area contributed by atoms with Crippen molar-refractivity contribution < 1.29 is 4.79 Å². The van der Waals surface area contributed by atoms with Crippen LogP contribution in [0.5, 0.6) is 0 Å². The number of hydrogen-bond donors (Lipinski definition) is 1. The minimum atomic E-state index is 0.0284. The lowest BCUT2D eigenvalue weighted by Gasteiger charge is -2.27. The first kappa shape index (κ1) is 15.8. The second kappa shape index (κ2) is 8.01. The van der Waals surface area contributed by atoms with Gasteiger partial charge in [0.25, 0.3) is 5.91 Å². The van der Waals surface area contributed by atoms with Crippen LogP contribution < -0.4 is 5.32 Å². The summed E-state index contributed by atoms with van der Waals surface area (Å²) in [6, 6.07) is 3.77. The zero-order valence-electron chi connectivity index (χ0n) is 13.3. The molecule has 21 heavy (non-hydrogen) atoms. The summed E-state index contributed by atoms with van der Waals surface area (Å²) in [4.78, 5) is 18.5. The predicted octanol–water partition coefficient (Wildman–Crippen LogP) is 3.56. The van der Waals surface area contributed by atoms with Gasteiger partial charge in [-0.05, 0) is 37.3 Å². The van der Waals surface area contributed by atoms with Crippen LogP contribution in [0.15, 0.2) is 18.3 Å².